The third kappa shape index (κ3) is 3.20. The summed E-state index contributed by atoms with van der Waals surface area (Å²) in [6, 6.07) is 3.21. The Morgan fingerprint density at radius 2 is 2.12 bits per heavy atom. The van der Waals surface area contributed by atoms with Crippen molar-refractivity contribution in [3.8, 4) is 0 Å². The highest BCUT2D eigenvalue weighted by Crippen LogP contribution is 2.49. The summed E-state index contributed by atoms with van der Waals surface area (Å²) in [4.78, 5) is 26.0. The van der Waals surface area contributed by atoms with E-state index in [1.54, 1.807) is 0 Å². The van der Waals surface area contributed by atoms with Gasteiger partial charge in [0.2, 0.25) is 10.0 Å². The highest BCUT2D eigenvalue weighted by molar-refractivity contribution is 7.92. The number of benzene rings is 1. The van der Waals surface area contributed by atoms with Gasteiger partial charge in [0.05, 0.1) is 22.9 Å². The largest absolute Gasteiger partial charge is 0.481 e. The zero-order valence-corrected chi connectivity index (χ0v) is 14.5. The van der Waals surface area contributed by atoms with Gasteiger partial charge in [0.15, 0.2) is 0 Å². The van der Waals surface area contributed by atoms with Crippen LogP contribution in [0.3, 0.4) is 0 Å². The van der Waals surface area contributed by atoms with E-state index in [1.165, 1.54) is 11.0 Å². The van der Waals surface area contributed by atoms with Crippen molar-refractivity contribution >= 4 is 27.6 Å². The van der Waals surface area contributed by atoms with Crippen LogP contribution in [0.25, 0.3) is 0 Å². The van der Waals surface area contributed by atoms with Crippen molar-refractivity contribution in [2.75, 3.05) is 24.1 Å². The summed E-state index contributed by atoms with van der Waals surface area (Å²) in [6.07, 6.45) is 2.98. The van der Waals surface area contributed by atoms with E-state index < -0.39 is 33.1 Å². The molecular weight excluding hydrogens is 351 g/mol. The number of nitrogens with zero attached hydrogens (tertiary/aromatic N) is 1. The monoisotopic (exact) mass is 370 g/mol. The number of likely N-dealkylation sites (tertiary alicyclic amines) is 1. The van der Waals surface area contributed by atoms with E-state index >= 15 is 0 Å². The zero-order valence-electron chi connectivity index (χ0n) is 13.7. The van der Waals surface area contributed by atoms with E-state index in [0.717, 1.165) is 31.2 Å². The van der Waals surface area contributed by atoms with Crippen LogP contribution >= 0.6 is 0 Å². The van der Waals surface area contributed by atoms with Crippen LogP contribution in [0.4, 0.5) is 10.1 Å². The van der Waals surface area contributed by atoms with Crippen molar-refractivity contribution < 1.29 is 27.5 Å². The van der Waals surface area contributed by atoms with Crippen molar-refractivity contribution in [2.45, 2.75) is 19.3 Å². The zero-order chi connectivity index (χ0) is 18.4. The number of carbonyl (C=O) groups is 2. The van der Waals surface area contributed by atoms with Gasteiger partial charge in [0.1, 0.15) is 5.82 Å². The molecule has 1 saturated carbocycles. The molecule has 3 rings (SSSR count). The fourth-order valence-electron chi connectivity index (χ4n) is 3.95. The van der Waals surface area contributed by atoms with Crippen molar-refractivity contribution in [1.29, 1.82) is 0 Å². The standard InChI is InChI=1S/C16H19FN2O5S/c1-25(23,24)18-13-5-4-11(17)7-12(13)14(20)19-8-10-3-2-6-16(10,9-19)15(21)22/h4-5,7,10,18H,2-3,6,8-9H2,1H3,(H,21,22)/t10-,16+/m0/s1. The molecule has 1 aromatic rings. The molecule has 0 unspecified atom stereocenters. The number of fused-ring (bicyclic) bond motifs is 1. The molecule has 0 spiro atoms. The van der Waals surface area contributed by atoms with Gasteiger partial charge in [-0.3, -0.25) is 14.3 Å². The van der Waals surface area contributed by atoms with Crippen LogP contribution in [-0.4, -0.2) is 49.6 Å². The quantitative estimate of drug-likeness (QED) is 0.836. The van der Waals surface area contributed by atoms with E-state index in [9.17, 15) is 27.5 Å². The Balaban J connectivity index is 1.92. The average molecular weight is 370 g/mol. The molecule has 1 amide bonds. The van der Waals surface area contributed by atoms with E-state index in [0.29, 0.717) is 6.42 Å². The molecule has 0 radical (unpaired) electrons. The minimum atomic E-state index is -3.65. The Morgan fingerprint density at radius 1 is 1.40 bits per heavy atom. The van der Waals surface area contributed by atoms with Gasteiger partial charge in [-0.2, -0.15) is 0 Å². The van der Waals surface area contributed by atoms with Gasteiger partial charge in [0, 0.05) is 13.1 Å². The number of nitrogens with one attached hydrogen (secondary N) is 1. The molecule has 1 aliphatic heterocycles. The second kappa shape index (κ2) is 5.98. The minimum Gasteiger partial charge on any atom is -0.481 e. The van der Waals surface area contributed by atoms with E-state index in [2.05, 4.69) is 4.72 Å². The number of carbonyl (C=O) groups excluding carboxylic acids is 1. The number of amides is 1. The molecule has 0 aromatic heterocycles. The van der Waals surface area contributed by atoms with Gasteiger partial charge in [0.25, 0.3) is 5.91 Å². The van der Waals surface area contributed by atoms with Crippen LogP contribution in [0.1, 0.15) is 29.6 Å². The smallest absolute Gasteiger partial charge is 0.311 e. The van der Waals surface area contributed by atoms with Crippen molar-refractivity contribution in [3.05, 3.63) is 29.6 Å². The highest BCUT2D eigenvalue weighted by atomic mass is 32.2. The third-order valence-electron chi connectivity index (χ3n) is 5.09. The van der Waals surface area contributed by atoms with Crippen molar-refractivity contribution in [3.63, 3.8) is 0 Å². The molecule has 1 aliphatic carbocycles. The summed E-state index contributed by atoms with van der Waals surface area (Å²) >= 11 is 0. The molecule has 7 nitrogen and oxygen atoms in total. The molecule has 2 N–H and O–H groups in total. The van der Waals surface area contributed by atoms with Crippen LogP contribution in [-0.2, 0) is 14.8 Å². The van der Waals surface area contributed by atoms with Crippen LogP contribution in [0.15, 0.2) is 18.2 Å². The predicted molar refractivity (Wildman–Crippen MR) is 88.2 cm³/mol. The van der Waals surface area contributed by atoms with Crippen molar-refractivity contribution in [1.82, 2.24) is 4.90 Å². The number of rotatable bonds is 4. The third-order valence-corrected chi connectivity index (χ3v) is 5.68. The van der Waals surface area contributed by atoms with E-state index in [1.807, 2.05) is 0 Å². The van der Waals surface area contributed by atoms with E-state index in [-0.39, 0.29) is 30.3 Å². The Bertz CT molecular complexity index is 841. The number of hydrogen-bond donors (Lipinski definition) is 2. The second-order valence-corrected chi connectivity index (χ2v) is 8.55. The summed E-state index contributed by atoms with van der Waals surface area (Å²) in [5.41, 5.74) is -1.09. The molecule has 0 bridgehead atoms. The Kier molecular flexibility index (Phi) is 4.22. The maximum atomic E-state index is 13.6. The lowest BCUT2D eigenvalue weighted by Crippen LogP contribution is -2.37. The summed E-state index contributed by atoms with van der Waals surface area (Å²) in [5, 5.41) is 9.61. The Labute approximate surface area is 144 Å². The minimum absolute atomic E-state index is 0.0182. The van der Waals surface area contributed by atoms with Crippen LogP contribution < -0.4 is 4.72 Å². The number of carboxylic acid groups (broad SMARTS) is 1. The van der Waals surface area contributed by atoms with Crippen molar-refractivity contribution in [2.24, 2.45) is 11.3 Å². The Morgan fingerprint density at radius 3 is 2.72 bits per heavy atom. The van der Waals surface area contributed by atoms with Gasteiger partial charge in [-0.05, 0) is 37.0 Å². The maximum absolute atomic E-state index is 13.6. The number of sulfonamides is 1. The topological polar surface area (TPSA) is 104 Å². The molecule has 9 heteroatoms. The molecule has 1 aromatic carbocycles. The lowest BCUT2D eigenvalue weighted by molar-refractivity contribution is -0.149. The molecule has 2 fully saturated rings. The Hall–Kier alpha value is -2.16. The molecule has 25 heavy (non-hydrogen) atoms. The van der Waals surface area contributed by atoms with Crippen LogP contribution in [0.2, 0.25) is 0 Å². The van der Waals surface area contributed by atoms with Gasteiger partial charge >= 0.3 is 5.97 Å². The molecule has 1 saturated heterocycles. The normalized spacial score (nSPS) is 25.7. The van der Waals surface area contributed by atoms with Crippen LogP contribution in [0, 0.1) is 17.2 Å². The summed E-state index contributed by atoms with van der Waals surface area (Å²) < 4.78 is 38.8. The number of carboxylic acids is 1. The molecule has 2 atom stereocenters. The SMILES string of the molecule is CS(=O)(=O)Nc1ccc(F)cc1C(=O)N1C[C@@H]2CCC[C@@]2(C(=O)O)C1. The molecule has 2 aliphatic rings. The number of anilines is 1. The first-order valence-corrected chi connectivity index (χ1v) is 9.81. The number of aliphatic carboxylic acids is 1. The van der Waals surface area contributed by atoms with E-state index in [4.69, 9.17) is 0 Å². The molecule has 136 valence electrons. The first kappa shape index (κ1) is 17.7. The predicted octanol–water partition coefficient (Wildman–Crippen LogP) is 1.52. The first-order valence-electron chi connectivity index (χ1n) is 7.92. The number of halogens is 1. The summed E-state index contributed by atoms with van der Waals surface area (Å²) in [7, 11) is -3.65. The van der Waals surface area contributed by atoms with Gasteiger partial charge in [-0.1, -0.05) is 6.42 Å². The lowest BCUT2D eigenvalue weighted by Gasteiger charge is -2.23. The highest BCUT2D eigenvalue weighted by Gasteiger charge is 2.55. The average Bonchev–Trinajstić information content (AvgIpc) is 3.05. The van der Waals surface area contributed by atoms with Crippen LogP contribution in [0.5, 0.6) is 0 Å². The second-order valence-electron chi connectivity index (χ2n) is 6.80. The summed E-state index contributed by atoms with van der Waals surface area (Å²) in [6.45, 7) is 0.334. The lowest BCUT2D eigenvalue weighted by atomic mass is 9.81. The van der Waals surface area contributed by atoms with Gasteiger partial charge in [-0.25, -0.2) is 12.8 Å². The van der Waals surface area contributed by atoms with Gasteiger partial charge < -0.3 is 10.0 Å². The maximum Gasteiger partial charge on any atom is 0.311 e. The van der Waals surface area contributed by atoms with Gasteiger partial charge in [-0.15, -0.1) is 0 Å². The fraction of sp³-hybridized carbons (Fsp3) is 0.500. The first-order chi connectivity index (χ1) is 11.6. The fourth-order valence-corrected chi connectivity index (χ4v) is 4.52. The number of hydrogen-bond acceptors (Lipinski definition) is 4. The molecular formula is C16H19FN2O5S. The summed E-state index contributed by atoms with van der Waals surface area (Å²) in [5.74, 6) is -2.29. The molecule has 1 heterocycles.